The second-order valence-corrected chi connectivity index (χ2v) is 11.3. The summed E-state index contributed by atoms with van der Waals surface area (Å²) in [6, 6.07) is 7.59. The molecule has 2 N–H and O–H groups in total. The molecule has 0 spiro atoms. The Morgan fingerprint density at radius 2 is 1.64 bits per heavy atom. The Kier molecular flexibility index (Phi) is 10.9. The first-order valence-electron chi connectivity index (χ1n) is 14.6. The Hall–Kier alpha value is -3.74. The lowest BCUT2D eigenvalue weighted by atomic mass is 9.88. The van der Waals surface area contributed by atoms with Crippen LogP contribution in [-0.4, -0.2) is 53.6 Å². The lowest BCUT2D eigenvalue weighted by molar-refractivity contribution is -0.376. The van der Waals surface area contributed by atoms with Crippen molar-refractivity contribution in [3.05, 3.63) is 64.7 Å². The maximum Gasteiger partial charge on any atom is 0.430 e. The molecule has 1 atom stereocenters. The van der Waals surface area contributed by atoms with Gasteiger partial charge in [0.15, 0.2) is 0 Å². The molecule has 1 unspecified atom stereocenters. The van der Waals surface area contributed by atoms with Gasteiger partial charge >= 0.3 is 18.4 Å². The number of unbranched alkanes of at least 4 members (excludes halogenated alkanes) is 1. The van der Waals surface area contributed by atoms with Gasteiger partial charge in [0.05, 0.1) is 12.7 Å². The van der Waals surface area contributed by atoms with Crippen LogP contribution in [0, 0.1) is 0 Å². The number of imide groups is 1. The van der Waals surface area contributed by atoms with Crippen LogP contribution < -0.4 is 14.8 Å². The number of hydrogen-bond acceptors (Lipinski definition) is 5. The fourth-order valence-corrected chi connectivity index (χ4v) is 5.13. The first-order valence-corrected chi connectivity index (χ1v) is 14.6. The highest BCUT2D eigenvalue weighted by atomic mass is 19.4. The van der Waals surface area contributed by atoms with Gasteiger partial charge in [-0.2, -0.15) is 26.3 Å². The van der Waals surface area contributed by atoms with Crippen LogP contribution in [0.5, 0.6) is 11.5 Å². The van der Waals surface area contributed by atoms with E-state index in [1.165, 1.54) is 19.1 Å². The molecule has 2 aromatic rings. The monoisotopic (exact) mass is 644 g/mol. The zero-order chi connectivity index (χ0) is 33.8. The van der Waals surface area contributed by atoms with Crippen molar-refractivity contribution in [3.63, 3.8) is 0 Å². The third-order valence-corrected chi connectivity index (χ3v) is 7.40. The minimum Gasteiger partial charge on any atom is -0.493 e. The van der Waals surface area contributed by atoms with Gasteiger partial charge in [-0.1, -0.05) is 37.6 Å². The fourth-order valence-electron chi connectivity index (χ4n) is 5.13. The number of hydrogen-bond donors (Lipinski definition) is 2. The molecule has 1 saturated heterocycles. The van der Waals surface area contributed by atoms with Gasteiger partial charge in [-0.15, -0.1) is 0 Å². The van der Waals surface area contributed by atoms with E-state index < -0.39 is 41.0 Å². The Morgan fingerprint density at radius 3 is 2.18 bits per heavy atom. The molecule has 1 aliphatic heterocycles. The van der Waals surface area contributed by atoms with Crippen molar-refractivity contribution in [1.82, 2.24) is 10.2 Å². The van der Waals surface area contributed by atoms with E-state index in [1.54, 1.807) is 38.1 Å². The standard InChI is InChI=1S/C32H38F6N2O5/c1-6-10-21-18-24(30(43,31(33,34)35)32(36,37)38)19-22(11-7-2)26(21)44-17-9-8-16-40-27(41)29(5,39-28(40)42)23-12-14-25(15-13-23)45-20(3)4/h6,10,12-15,18-20,43H,7-9,11,16-17H2,1-5H3,(H,39,42). The van der Waals surface area contributed by atoms with Crippen LogP contribution in [0.1, 0.15) is 76.1 Å². The summed E-state index contributed by atoms with van der Waals surface area (Å²) in [5, 5.41) is 12.7. The Morgan fingerprint density at radius 1 is 1.02 bits per heavy atom. The van der Waals surface area contributed by atoms with Crippen LogP contribution in [0.4, 0.5) is 31.1 Å². The van der Waals surface area contributed by atoms with Crippen molar-refractivity contribution in [2.24, 2.45) is 0 Å². The minimum atomic E-state index is -6.02. The van der Waals surface area contributed by atoms with Crippen molar-refractivity contribution in [1.29, 1.82) is 0 Å². The average molecular weight is 645 g/mol. The van der Waals surface area contributed by atoms with Crippen molar-refractivity contribution in [2.75, 3.05) is 13.2 Å². The molecule has 7 nitrogen and oxygen atoms in total. The summed E-state index contributed by atoms with van der Waals surface area (Å²) < 4.78 is 93.2. The number of nitrogens with zero attached hydrogens (tertiary/aromatic N) is 1. The van der Waals surface area contributed by atoms with Gasteiger partial charge in [-0.05, 0) is 82.3 Å². The molecule has 1 aliphatic rings. The average Bonchev–Trinajstić information content (AvgIpc) is 3.15. The van der Waals surface area contributed by atoms with Crippen LogP contribution in [-0.2, 0) is 22.4 Å². The van der Waals surface area contributed by atoms with E-state index in [4.69, 9.17) is 9.47 Å². The number of ether oxygens (including phenoxy) is 2. The van der Waals surface area contributed by atoms with E-state index in [2.05, 4.69) is 5.32 Å². The highest BCUT2D eigenvalue weighted by Gasteiger charge is 2.71. The highest BCUT2D eigenvalue weighted by molar-refractivity contribution is 6.07. The number of nitrogens with one attached hydrogen (secondary N) is 1. The number of aliphatic hydroxyl groups is 1. The smallest absolute Gasteiger partial charge is 0.430 e. The molecule has 1 fully saturated rings. The van der Waals surface area contributed by atoms with E-state index in [1.807, 2.05) is 13.8 Å². The lowest BCUT2D eigenvalue weighted by Crippen LogP contribution is -2.54. The molecule has 0 aliphatic carbocycles. The first kappa shape index (κ1) is 35.7. The predicted molar refractivity (Wildman–Crippen MR) is 156 cm³/mol. The second kappa shape index (κ2) is 13.7. The normalized spacial score (nSPS) is 17.8. The number of allylic oxidation sites excluding steroid dienone is 1. The van der Waals surface area contributed by atoms with Crippen LogP contribution in [0.3, 0.4) is 0 Å². The van der Waals surface area contributed by atoms with Gasteiger partial charge in [0, 0.05) is 17.7 Å². The molecule has 2 aromatic carbocycles. The molecule has 3 amide bonds. The maximum absolute atomic E-state index is 13.6. The molecule has 3 rings (SSSR count). The van der Waals surface area contributed by atoms with Crippen molar-refractivity contribution in [2.45, 2.75) is 89.9 Å². The van der Waals surface area contributed by atoms with Crippen LogP contribution in [0.2, 0.25) is 0 Å². The zero-order valence-electron chi connectivity index (χ0n) is 25.7. The SMILES string of the molecule is CC=Cc1cc(C(O)(C(F)(F)F)C(F)(F)F)cc(CCC)c1OCCCCN1C(=O)NC(C)(c2ccc(OC(C)C)cc2)C1=O. The molecule has 0 aromatic heterocycles. The summed E-state index contributed by atoms with van der Waals surface area (Å²) in [6.07, 6.45) is -8.24. The minimum absolute atomic E-state index is 0.00164. The van der Waals surface area contributed by atoms with E-state index in [0.29, 0.717) is 42.7 Å². The number of benzene rings is 2. The van der Waals surface area contributed by atoms with Crippen LogP contribution >= 0.6 is 0 Å². The molecule has 0 bridgehead atoms. The zero-order valence-corrected chi connectivity index (χ0v) is 25.7. The van der Waals surface area contributed by atoms with E-state index in [9.17, 15) is 41.0 Å². The molecule has 248 valence electrons. The summed E-state index contributed by atoms with van der Waals surface area (Å²) in [5.41, 5.74) is -7.11. The van der Waals surface area contributed by atoms with Gasteiger partial charge in [0.1, 0.15) is 17.0 Å². The second-order valence-electron chi connectivity index (χ2n) is 11.3. The number of carbonyl (C=O) groups excluding carboxylic acids is 2. The van der Waals surface area contributed by atoms with Gasteiger partial charge in [-0.25, -0.2) is 4.79 Å². The largest absolute Gasteiger partial charge is 0.493 e. The van der Waals surface area contributed by atoms with Crippen molar-refractivity contribution in [3.8, 4) is 11.5 Å². The lowest BCUT2D eigenvalue weighted by Gasteiger charge is -2.33. The topological polar surface area (TPSA) is 88.1 Å². The Balaban J connectivity index is 1.73. The summed E-state index contributed by atoms with van der Waals surface area (Å²) in [4.78, 5) is 27.1. The number of carbonyl (C=O) groups is 2. The number of alkyl halides is 6. The van der Waals surface area contributed by atoms with Crippen LogP contribution in [0.15, 0.2) is 42.5 Å². The van der Waals surface area contributed by atoms with Gasteiger partial charge < -0.3 is 19.9 Å². The summed E-state index contributed by atoms with van der Waals surface area (Å²) in [5.74, 6) is 0.276. The van der Waals surface area contributed by atoms with Gasteiger partial charge in [-0.3, -0.25) is 9.69 Å². The number of aryl methyl sites for hydroxylation is 1. The Labute approximate surface area is 258 Å². The molecular weight excluding hydrogens is 606 g/mol. The van der Waals surface area contributed by atoms with E-state index in [0.717, 1.165) is 4.90 Å². The maximum atomic E-state index is 13.6. The number of amides is 3. The molecule has 0 radical (unpaired) electrons. The van der Waals surface area contributed by atoms with Gasteiger partial charge in [0.2, 0.25) is 0 Å². The first-order chi connectivity index (χ1) is 20.9. The number of rotatable bonds is 13. The summed E-state index contributed by atoms with van der Waals surface area (Å²) in [6.45, 7) is 8.67. The van der Waals surface area contributed by atoms with E-state index >= 15 is 0 Å². The number of halogens is 6. The molecule has 45 heavy (non-hydrogen) atoms. The fraction of sp³-hybridized carbons (Fsp3) is 0.500. The highest BCUT2D eigenvalue weighted by Crippen LogP contribution is 2.51. The summed E-state index contributed by atoms with van der Waals surface area (Å²) in [7, 11) is 0. The van der Waals surface area contributed by atoms with Gasteiger partial charge in [0.25, 0.3) is 11.5 Å². The van der Waals surface area contributed by atoms with Crippen LogP contribution in [0.25, 0.3) is 6.08 Å². The van der Waals surface area contributed by atoms with Crippen molar-refractivity contribution >= 4 is 18.0 Å². The quantitative estimate of drug-likeness (QED) is 0.135. The summed E-state index contributed by atoms with van der Waals surface area (Å²) >= 11 is 0. The van der Waals surface area contributed by atoms with Crippen molar-refractivity contribution < 1.29 is 50.5 Å². The molecule has 0 saturated carbocycles. The third-order valence-electron chi connectivity index (χ3n) is 7.40. The number of urea groups is 1. The Bertz CT molecular complexity index is 1370. The third kappa shape index (κ3) is 7.40. The molecular formula is C32H38F6N2O5. The van der Waals surface area contributed by atoms with E-state index in [-0.39, 0.29) is 42.6 Å². The predicted octanol–water partition coefficient (Wildman–Crippen LogP) is 7.40. The molecule has 1 heterocycles. The molecule has 13 heteroatoms.